The van der Waals surface area contributed by atoms with Gasteiger partial charge in [0.1, 0.15) is 5.60 Å². The monoisotopic (exact) mass is 256 g/mol. The fourth-order valence-electron chi connectivity index (χ4n) is 2.56. The van der Waals surface area contributed by atoms with E-state index in [9.17, 15) is 4.79 Å². The number of hydrogen-bond acceptors (Lipinski definition) is 3. The van der Waals surface area contributed by atoms with Crippen LogP contribution in [0.25, 0.3) is 0 Å². The number of nitrogens with zero attached hydrogens (tertiary/aromatic N) is 1. The lowest BCUT2D eigenvalue weighted by Gasteiger charge is -2.46. The second kappa shape index (κ2) is 5.08. The molecule has 2 atom stereocenters. The molecule has 0 aromatic rings. The van der Waals surface area contributed by atoms with Gasteiger partial charge in [-0.3, -0.25) is 0 Å². The van der Waals surface area contributed by atoms with E-state index in [1.54, 1.807) is 0 Å². The molecule has 1 heterocycles. The second-order valence-corrected chi connectivity index (χ2v) is 7.06. The lowest BCUT2D eigenvalue weighted by atomic mass is 9.80. The van der Waals surface area contributed by atoms with Gasteiger partial charge in [0, 0.05) is 18.1 Å². The Kier molecular flexibility index (Phi) is 4.31. The van der Waals surface area contributed by atoms with Crippen LogP contribution in [0.4, 0.5) is 4.79 Å². The van der Waals surface area contributed by atoms with Crippen LogP contribution in [0.3, 0.4) is 0 Å². The van der Waals surface area contributed by atoms with Crippen molar-refractivity contribution in [3.63, 3.8) is 0 Å². The summed E-state index contributed by atoms with van der Waals surface area (Å²) >= 11 is 0. The Bertz CT molecular complexity index is 305. The van der Waals surface area contributed by atoms with Crippen molar-refractivity contribution in [2.45, 2.75) is 71.6 Å². The molecule has 2 unspecified atom stereocenters. The highest BCUT2D eigenvalue weighted by atomic mass is 16.6. The first-order chi connectivity index (χ1) is 8.03. The van der Waals surface area contributed by atoms with Gasteiger partial charge >= 0.3 is 6.09 Å². The van der Waals surface area contributed by atoms with Crippen LogP contribution >= 0.6 is 0 Å². The summed E-state index contributed by atoms with van der Waals surface area (Å²) in [5, 5.41) is 0. The Morgan fingerprint density at radius 1 is 1.44 bits per heavy atom. The number of piperidine rings is 1. The zero-order valence-corrected chi connectivity index (χ0v) is 12.6. The first-order valence-electron chi connectivity index (χ1n) is 6.79. The van der Waals surface area contributed by atoms with Crippen LogP contribution < -0.4 is 5.73 Å². The molecule has 0 radical (unpaired) electrons. The van der Waals surface area contributed by atoms with Crippen molar-refractivity contribution in [1.29, 1.82) is 0 Å². The van der Waals surface area contributed by atoms with E-state index in [-0.39, 0.29) is 17.7 Å². The molecule has 1 fully saturated rings. The van der Waals surface area contributed by atoms with E-state index in [1.807, 2.05) is 32.6 Å². The molecule has 0 saturated carbocycles. The third-order valence-corrected chi connectivity index (χ3v) is 3.57. The number of carbonyl (C=O) groups is 1. The van der Waals surface area contributed by atoms with E-state index in [1.165, 1.54) is 0 Å². The van der Waals surface area contributed by atoms with Crippen LogP contribution in [0.15, 0.2) is 0 Å². The summed E-state index contributed by atoms with van der Waals surface area (Å²) in [6.07, 6.45) is 1.68. The zero-order valence-electron chi connectivity index (χ0n) is 12.6. The largest absolute Gasteiger partial charge is 0.444 e. The molecule has 4 nitrogen and oxygen atoms in total. The zero-order chi connectivity index (χ0) is 14.1. The summed E-state index contributed by atoms with van der Waals surface area (Å²) in [5.74, 6) is 0.485. The van der Waals surface area contributed by atoms with Crippen molar-refractivity contribution in [3.8, 4) is 0 Å². The Morgan fingerprint density at radius 3 is 2.39 bits per heavy atom. The number of carbonyl (C=O) groups excluding carboxylic acids is 1. The molecule has 1 aliphatic rings. The van der Waals surface area contributed by atoms with E-state index in [0.29, 0.717) is 5.92 Å². The Balaban J connectivity index is 2.71. The molecule has 0 bridgehead atoms. The normalized spacial score (nSPS) is 25.7. The molecule has 0 aromatic heterocycles. The minimum absolute atomic E-state index is 0.182. The third kappa shape index (κ3) is 3.87. The average Bonchev–Trinajstić information content (AvgIpc) is 2.12. The summed E-state index contributed by atoms with van der Waals surface area (Å²) in [7, 11) is 0. The maximum atomic E-state index is 12.2. The van der Waals surface area contributed by atoms with E-state index in [4.69, 9.17) is 10.5 Å². The summed E-state index contributed by atoms with van der Waals surface area (Å²) in [5.41, 5.74) is 5.36. The van der Waals surface area contributed by atoms with Crippen molar-refractivity contribution < 1.29 is 9.53 Å². The number of likely N-dealkylation sites (tertiary alicyclic amines) is 1. The van der Waals surface area contributed by atoms with Crippen molar-refractivity contribution in [2.75, 3.05) is 6.54 Å². The van der Waals surface area contributed by atoms with Crippen molar-refractivity contribution in [3.05, 3.63) is 0 Å². The number of hydrogen-bond donors (Lipinski definition) is 1. The smallest absolute Gasteiger partial charge is 0.410 e. The Morgan fingerprint density at radius 2 is 2.00 bits per heavy atom. The number of ether oxygens (including phenoxy) is 1. The molecule has 0 aromatic carbocycles. The van der Waals surface area contributed by atoms with Crippen molar-refractivity contribution in [1.82, 2.24) is 4.90 Å². The second-order valence-electron chi connectivity index (χ2n) is 7.06. The highest BCUT2D eigenvalue weighted by Crippen LogP contribution is 2.33. The highest BCUT2D eigenvalue weighted by molar-refractivity contribution is 5.69. The van der Waals surface area contributed by atoms with E-state index >= 15 is 0 Å². The predicted molar refractivity (Wildman–Crippen MR) is 73.4 cm³/mol. The van der Waals surface area contributed by atoms with Gasteiger partial charge in [0.05, 0.1) is 0 Å². The van der Waals surface area contributed by atoms with Gasteiger partial charge in [-0.15, -0.1) is 0 Å². The summed E-state index contributed by atoms with van der Waals surface area (Å²) in [6, 6.07) is 0.185. The minimum Gasteiger partial charge on any atom is -0.444 e. The average molecular weight is 256 g/mol. The van der Waals surface area contributed by atoms with Gasteiger partial charge in [-0.2, -0.15) is 0 Å². The molecule has 4 heteroatoms. The number of amides is 1. The molecular formula is C14H28N2O2. The molecule has 1 saturated heterocycles. The van der Waals surface area contributed by atoms with Crippen molar-refractivity contribution >= 4 is 6.09 Å². The fraction of sp³-hybridized carbons (Fsp3) is 0.929. The molecule has 0 spiro atoms. The molecular weight excluding hydrogens is 228 g/mol. The van der Waals surface area contributed by atoms with Gasteiger partial charge < -0.3 is 15.4 Å². The molecule has 18 heavy (non-hydrogen) atoms. The quantitative estimate of drug-likeness (QED) is 0.785. The topological polar surface area (TPSA) is 55.6 Å². The molecule has 1 rings (SSSR count). The molecule has 1 aliphatic heterocycles. The van der Waals surface area contributed by atoms with Crippen LogP contribution in [-0.2, 0) is 4.74 Å². The van der Waals surface area contributed by atoms with Gasteiger partial charge in [0.15, 0.2) is 0 Å². The maximum Gasteiger partial charge on any atom is 0.410 e. The van der Waals surface area contributed by atoms with Crippen LogP contribution in [0.5, 0.6) is 0 Å². The fourth-order valence-corrected chi connectivity index (χ4v) is 2.56. The maximum absolute atomic E-state index is 12.2. The van der Waals surface area contributed by atoms with Crippen LogP contribution in [0.1, 0.15) is 54.4 Å². The Labute approximate surface area is 111 Å². The lowest BCUT2D eigenvalue weighted by Crippen LogP contribution is -2.55. The van der Waals surface area contributed by atoms with E-state index < -0.39 is 5.60 Å². The molecule has 0 aliphatic carbocycles. The summed E-state index contributed by atoms with van der Waals surface area (Å²) < 4.78 is 5.46. The van der Waals surface area contributed by atoms with Crippen LogP contribution in [0.2, 0.25) is 0 Å². The Hall–Kier alpha value is -0.770. The first-order valence-corrected chi connectivity index (χ1v) is 6.79. The molecule has 106 valence electrons. The molecule has 1 amide bonds. The highest BCUT2D eigenvalue weighted by Gasteiger charge is 2.40. The third-order valence-electron chi connectivity index (χ3n) is 3.57. The standard InChI is InChI=1S/C14H28N2O2/c1-10(15)11-7-8-16(14(5,6)9-11)12(17)18-13(2,3)4/h10-11H,7-9,15H2,1-6H3. The first kappa shape index (κ1) is 15.3. The SMILES string of the molecule is CC(N)C1CCN(C(=O)OC(C)(C)C)C(C)(C)C1. The van der Waals surface area contributed by atoms with Gasteiger partial charge in [-0.05, 0) is 60.3 Å². The minimum atomic E-state index is -0.439. The van der Waals surface area contributed by atoms with Gasteiger partial charge in [0.25, 0.3) is 0 Å². The van der Waals surface area contributed by atoms with Crippen molar-refractivity contribution in [2.24, 2.45) is 11.7 Å². The van der Waals surface area contributed by atoms with Crippen LogP contribution in [0, 0.1) is 5.92 Å². The lowest BCUT2D eigenvalue weighted by molar-refractivity contribution is -0.0164. The number of rotatable bonds is 1. The van der Waals surface area contributed by atoms with Crippen LogP contribution in [-0.4, -0.2) is 34.7 Å². The molecule has 2 N–H and O–H groups in total. The van der Waals surface area contributed by atoms with Gasteiger partial charge in [-0.25, -0.2) is 4.79 Å². The van der Waals surface area contributed by atoms with E-state index in [2.05, 4.69) is 13.8 Å². The van der Waals surface area contributed by atoms with Gasteiger partial charge in [0.2, 0.25) is 0 Å². The summed E-state index contributed by atoms with van der Waals surface area (Å²) in [6.45, 7) is 12.6. The number of nitrogens with two attached hydrogens (primary N) is 1. The van der Waals surface area contributed by atoms with Gasteiger partial charge in [-0.1, -0.05) is 0 Å². The van der Waals surface area contributed by atoms with E-state index in [0.717, 1.165) is 19.4 Å². The summed E-state index contributed by atoms with van der Waals surface area (Å²) in [4.78, 5) is 14.0. The predicted octanol–water partition coefficient (Wildman–Crippen LogP) is 2.76.